The summed E-state index contributed by atoms with van der Waals surface area (Å²) < 4.78 is 15.4. The molecule has 3 aromatic rings. The molecule has 0 bridgehead atoms. The molecule has 152 valence electrons. The second-order valence-electron chi connectivity index (χ2n) is 6.69. The van der Waals surface area contributed by atoms with Crippen molar-refractivity contribution < 1.29 is 14.3 Å². The van der Waals surface area contributed by atoms with Gasteiger partial charge >= 0.3 is 0 Å². The fraction of sp³-hybridized carbons (Fsp3) is 0.286. The Morgan fingerprint density at radius 2 is 1.93 bits per heavy atom. The topological polar surface area (TPSA) is 76.6 Å². The van der Waals surface area contributed by atoms with E-state index in [1.54, 1.807) is 31.4 Å². The Balaban J connectivity index is 1.61. The van der Waals surface area contributed by atoms with Gasteiger partial charge in [0.2, 0.25) is 0 Å². The maximum atomic E-state index is 12.3. The number of benzene rings is 2. The lowest BCUT2D eigenvalue weighted by atomic mass is 10.1. The highest BCUT2D eigenvalue weighted by Gasteiger charge is 2.10. The average Bonchev–Trinajstić information content (AvgIpc) is 3.14. The van der Waals surface area contributed by atoms with Crippen LogP contribution in [0.25, 0.3) is 0 Å². The van der Waals surface area contributed by atoms with Gasteiger partial charge in [0.1, 0.15) is 11.5 Å². The molecular formula is C21H24N4O3S. The summed E-state index contributed by atoms with van der Waals surface area (Å²) in [7, 11) is 5.57. The number of hydrogen-bond donors (Lipinski definition) is 1. The van der Waals surface area contributed by atoms with Gasteiger partial charge in [-0.2, -0.15) is 9.36 Å². The standard InChI is InChI=1S/C21H24N4O3S/c1-25(2)11-10-22-20(26)16-7-5-9-18(14-16)28-21-23-19(24-29-21)13-15-6-4-8-17(12-15)27-3/h4-9,12,14H,10-11,13H2,1-3H3,(H,22,26). The van der Waals surface area contributed by atoms with E-state index in [9.17, 15) is 4.79 Å². The Kier molecular flexibility index (Phi) is 7.15. The Hall–Kier alpha value is -2.97. The van der Waals surface area contributed by atoms with Gasteiger partial charge in [-0.05, 0) is 50.0 Å². The molecule has 0 saturated heterocycles. The second-order valence-corrected chi connectivity index (χ2v) is 7.41. The van der Waals surface area contributed by atoms with Crippen LogP contribution in [-0.4, -0.2) is 54.5 Å². The number of methoxy groups -OCH3 is 1. The van der Waals surface area contributed by atoms with E-state index in [2.05, 4.69) is 14.7 Å². The first-order chi connectivity index (χ1) is 14.0. The van der Waals surface area contributed by atoms with Gasteiger partial charge < -0.3 is 19.7 Å². The van der Waals surface area contributed by atoms with E-state index in [0.717, 1.165) is 17.9 Å². The van der Waals surface area contributed by atoms with Crippen LogP contribution < -0.4 is 14.8 Å². The predicted octanol–water partition coefficient (Wildman–Crippen LogP) is 3.22. The average molecular weight is 413 g/mol. The lowest BCUT2D eigenvalue weighted by molar-refractivity contribution is 0.0950. The van der Waals surface area contributed by atoms with E-state index < -0.39 is 0 Å². The summed E-state index contributed by atoms with van der Waals surface area (Å²) in [5.74, 6) is 1.90. The molecule has 8 heteroatoms. The van der Waals surface area contributed by atoms with Gasteiger partial charge in [0, 0.05) is 36.6 Å². The summed E-state index contributed by atoms with van der Waals surface area (Å²) in [5, 5.41) is 3.33. The summed E-state index contributed by atoms with van der Waals surface area (Å²) >= 11 is 1.18. The molecule has 1 amide bonds. The smallest absolute Gasteiger partial charge is 0.298 e. The summed E-state index contributed by atoms with van der Waals surface area (Å²) in [4.78, 5) is 18.7. The molecule has 1 aromatic heterocycles. The number of nitrogens with zero attached hydrogens (tertiary/aromatic N) is 3. The zero-order valence-corrected chi connectivity index (χ0v) is 17.5. The third-order valence-electron chi connectivity index (χ3n) is 4.09. The maximum Gasteiger partial charge on any atom is 0.298 e. The SMILES string of the molecule is COc1cccc(Cc2nsc(Oc3cccc(C(=O)NCCN(C)C)c3)n2)c1. The number of carbonyl (C=O) groups excluding carboxylic acids is 1. The van der Waals surface area contributed by atoms with Crippen LogP contribution in [0.3, 0.4) is 0 Å². The first-order valence-corrected chi connectivity index (χ1v) is 9.97. The van der Waals surface area contributed by atoms with Crippen LogP contribution >= 0.6 is 11.5 Å². The third-order valence-corrected chi connectivity index (χ3v) is 4.72. The normalized spacial score (nSPS) is 10.8. The number of ether oxygens (including phenoxy) is 2. The fourth-order valence-electron chi connectivity index (χ4n) is 2.61. The van der Waals surface area contributed by atoms with Crippen molar-refractivity contribution >= 4 is 17.4 Å². The van der Waals surface area contributed by atoms with E-state index >= 15 is 0 Å². The number of hydrogen-bond acceptors (Lipinski definition) is 7. The Bertz CT molecular complexity index is 958. The monoisotopic (exact) mass is 412 g/mol. The molecule has 2 aromatic carbocycles. The van der Waals surface area contributed by atoms with Gasteiger partial charge in [0.15, 0.2) is 5.82 Å². The first kappa shape index (κ1) is 20.8. The lowest BCUT2D eigenvalue weighted by Crippen LogP contribution is -2.31. The van der Waals surface area contributed by atoms with Crippen LogP contribution in [0.15, 0.2) is 48.5 Å². The summed E-state index contributed by atoms with van der Waals surface area (Å²) in [6, 6.07) is 14.8. The number of amides is 1. The lowest BCUT2D eigenvalue weighted by Gasteiger charge is -2.10. The molecule has 0 saturated carbocycles. The first-order valence-electron chi connectivity index (χ1n) is 9.20. The van der Waals surface area contributed by atoms with Crippen molar-refractivity contribution in [3.63, 3.8) is 0 Å². The van der Waals surface area contributed by atoms with E-state index in [1.165, 1.54) is 11.5 Å². The van der Waals surface area contributed by atoms with Crippen LogP contribution in [0.1, 0.15) is 21.7 Å². The maximum absolute atomic E-state index is 12.3. The zero-order valence-electron chi connectivity index (χ0n) is 16.7. The molecule has 0 fully saturated rings. The number of carbonyl (C=O) groups is 1. The molecule has 1 N–H and O–H groups in total. The van der Waals surface area contributed by atoms with Crippen LogP contribution in [0.2, 0.25) is 0 Å². The van der Waals surface area contributed by atoms with Crippen molar-refractivity contribution in [3.05, 3.63) is 65.5 Å². The molecule has 0 unspecified atom stereocenters. The Morgan fingerprint density at radius 3 is 2.72 bits per heavy atom. The zero-order chi connectivity index (χ0) is 20.6. The van der Waals surface area contributed by atoms with Crippen molar-refractivity contribution in [1.82, 2.24) is 19.6 Å². The van der Waals surface area contributed by atoms with Crippen molar-refractivity contribution in [2.75, 3.05) is 34.3 Å². The molecule has 0 aliphatic carbocycles. The van der Waals surface area contributed by atoms with Gasteiger partial charge in [-0.25, -0.2) is 0 Å². The van der Waals surface area contributed by atoms with E-state index in [-0.39, 0.29) is 5.91 Å². The quantitative estimate of drug-likeness (QED) is 0.582. The van der Waals surface area contributed by atoms with E-state index in [0.29, 0.717) is 35.3 Å². The van der Waals surface area contributed by atoms with Crippen LogP contribution in [0, 0.1) is 0 Å². The highest BCUT2D eigenvalue weighted by Crippen LogP contribution is 2.25. The van der Waals surface area contributed by atoms with Crippen molar-refractivity contribution in [2.45, 2.75) is 6.42 Å². The summed E-state index contributed by atoms with van der Waals surface area (Å²) in [5.41, 5.74) is 1.60. The van der Waals surface area contributed by atoms with Gasteiger partial charge in [0.25, 0.3) is 11.1 Å². The summed E-state index contributed by atoms with van der Waals surface area (Å²) in [6.45, 7) is 1.36. The van der Waals surface area contributed by atoms with Gasteiger partial charge in [-0.15, -0.1) is 0 Å². The molecular weight excluding hydrogens is 388 g/mol. The van der Waals surface area contributed by atoms with Gasteiger partial charge in [-0.3, -0.25) is 4.79 Å². The predicted molar refractivity (Wildman–Crippen MR) is 113 cm³/mol. The molecule has 1 heterocycles. The molecule has 0 atom stereocenters. The largest absolute Gasteiger partial charge is 0.497 e. The van der Waals surface area contributed by atoms with E-state index in [1.807, 2.05) is 43.3 Å². The Labute approximate surface area is 174 Å². The third kappa shape index (κ3) is 6.27. The van der Waals surface area contributed by atoms with E-state index in [4.69, 9.17) is 9.47 Å². The molecule has 7 nitrogen and oxygen atoms in total. The fourth-order valence-corrected chi connectivity index (χ4v) is 3.18. The number of likely N-dealkylation sites (N-methyl/N-ethyl adjacent to an activating group) is 1. The molecule has 0 radical (unpaired) electrons. The Morgan fingerprint density at radius 1 is 1.14 bits per heavy atom. The summed E-state index contributed by atoms with van der Waals surface area (Å²) in [6.07, 6.45) is 0.589. The second kappa shape index (κ2) is 9.99. The number of aromatic nitrogens is 2. The highest BCUT2D eigenvalue weighted by molar-refractivity contribution is 7.07. The number of nitrogens with one attached hydrogen (secondary N) is 1. The molecule has 3 rings (SSSR count). The molecule has 0 aliphatic heterocycles. The molecule has 29 heavy (non-hydrogen) atoms. The van der Waals surface area contributed by atoms with Gasteiger partial charge in [-0.1, -0.05) is 18.2 Å². The minimum Gasteiger partial charge on any atom is -0.497 e. The number of rotatable bonds is 9. The molecule has 0 aliphatic rings. The van der Waals surface area contributed by atoms with Gasteiger partial charge in [0.05, 0.1) is 7.11 Å². The van der Waals surface area contributed by atoms with Crippen molar-refractivity contribution in [1.29, 1.82) is 0 Å². The van der Waals surface area contributed by atoms with Crippen LogP contribution in [0.4, 0.5) is 0 Å². The minimum atomic E-state index is -0.131. The van der Waals surface area contributed by atoms with Crippen molar-refractivity contribution in [3.8, 4) is 16.7 Å². The minimum absolute atomic E-state index is 0.131. The molecule has 0 spiro atoms. The van der Waals surface area contributed by atoms with Crippen LogP contribution in [-0.2, 0) is 6.42 Å². The highest BCUT2D eigenvalue weighted by atomic mass is 32.1. The van der Waals surface area contributed by atoms with Crippen molar-refractivity contribution in [2.24, 2.45) is 0 Å². The van der Waals surface area contributed by atoms with Crippen LogP contribution in [0.5, 0.6) is 16.7 Å².